The van der Waals surface area contributed by atoms with Crippen LogP contribution in [0.1, 0.15) is 25.7 Å². The second-order valence-corrected chi connectivity index (χ2v) is 4.64. The summed E-state index contributed by atoms with van der Waals surface area (Å²) in [6.45, 7) is 1.89. The molecule has 2 aliphatic rings. The van der Waals surface area contributed by atoms with Crippen molar-refractivity contribution in [2.45, 2.75) is 37.8 Å². The average molecular weight is 198 g/mol. The van der Waals surface area contributed by atoms with Gasteiger partial charge in [-0.15, -0.1) is 0 Å². The number of hydrogen-bond donors (Lipinski definition) is 2. The summed E-state index contributed by atoms with van der Waals surface area (Å²) in [5.41, 5.74) is 5.92. The number of nitrogens with zero attached hydrogens (tertiary/aromatic N) is 1. The Morgan fingerprint density at radius 2 is 2.14 bits per heavy atom. The number of rotatable bonds is 3. The van der Waals surface area contributed by atoms with E-state index < -0.39 is 5.97 Å². The molecule has 2 fully saturated rings. The van der Waals surface area contributed by atoms with E-state index in [4.69, 9.17) is 10.8 Å². The lowest BCUT2D eigenvalue weighted by Gasteiger charge is -2.35. The molecule has 1 aliphatic carbocycles. The maximum absolute atomic E-state index is 10.6. The molecule has 2 atom stereocenters. The van der Waals surface area contributed by atoms with Crippen molar-refractivity contribution in [3.8, 4) is 0 Å². The standard InChI is InChI=1S/C10H18N2O2/c11-8-3-7(4-10(13)14)5-12(6-8)9-1-2-9/h7-9H,1-6,11H2,(H,13,14). The highest BCUT2D eigenvalue weighted by atomic mass is 16.4. The molecule has 0 spiro atoms. The van der Waals surface area contributed by atoms with Gasteiger partial charge < -0.3 is 10.8 Å². The van der Waals surface area contributed by atoms with E-state index in [0.717, 1.165) is 19.5 Å². The maximum Gasteiger partial charge on any atom is 0.303 e. The molecule has 0 radical (unpaired) electrons. The fourth-order valence-electron chi connectivity index (χ4n) is 2.42. The third-order valence-electron chi connectivity index (χ3n) is 3.12. The van der Waals surface area contributed by atoms with Gasteiger partial charge in [-0.3, -0.25) is 9.69 Å². The average Bonchev–Trinajstić information content (AvgIpc) is 2.82. The van der Waals surface area contributed by atoms with Crippen LogP contribution >= 0.6 is 0 Å². The van der Waals surface area contributed by atoms with Gasteiger partial charge in [-0.2, -0.15) is 0 Å². The number of nitrogens with two attached hydrogens (primary N) is 1. The van der Waals surface area contributed by atoms with Gasteiger partial charge in [0.25, 0.3) is 0 Å². The zero-order chi connectivity index (χ0) is 10.1. The Hall–Kier alpha value is -0.610. The first kappa shape index (κ1) is 9.93. The molecule has 3 N–H and O–H groups in total. The van der Waals surface area contributed by atoms with Crippen LogP contribution in [0.15, 0.2) is 0 Å². The van der Waals surface area contributed by atoms with Gasteiger partial charge >= 0.3 is 5.97 Å². The van der Waals surface area contributed by atoms with Crippen LogP contribution in [-0.2, 0) is 4.79 Å². The van der Waals surface area contributed by atoms with Crippen molar-refractivity contribution in [3.63, 3.8) is 0 Å². The Balaban J connectivity index is 1.88. The number of hydrogen-bond acceptors (Lipinski definition) is 3. The minimum absolute atomic E-state index is 0.175. The van der Waals surface area contributed by atoms with E-state index in [9.17, 15) is 4.79 Å². The molecule has 2 rings (SSSR count). The van der Waals surface area contributed by atoms with E-state index in [2.05, 4.69) is 4.90 Å². The SMILES string of the molecule is NC1CC(CC(=O)O)CN(C2CC2)C1. The summed E-state index contributed by atoms with van der Waals surface area (Å²) in [6.07, 6.45) is 3.69. The van der Waals surface area contributed by atoms with E-state index in [0.29, 0.717) is 6.04 Å². The number of likely N-dealkylation sites (tertiary alicyclic amines) is 1. The minimum atomic E-state index is -0.695. The van der Waals surface area contributed by atoms with Crippen molar-refractivity contribution >= 4 is 5.97 Å². The van der Waals surface area contributed by atoms with Crippen molar-refractivity contribution in [3.05, 3.63) is 0 Å². The summed E-state index contributed by atoms with van der Waals surface area (Å²) in [6, 6.07) is 0.881. The quantitative estimate of drug-likeness (QED) is 0.683. The monoisotopic (exact) mass is 198 g/mol. The van der Waals surface area contributed by atoms with E-state index in [1.54, 1.807) is 0 Å². The number of carbonyl (C=O) groups is 1. The molecule has 1 aliphatic heterocycles. The molecular weight excluding hydrogens is 180 g/mol. The lowest BCUT2D eigenvalue weighted by molar-refractivity contribution is -0.138. The topological polar surface area (TPSA) is 66.6 Å². The van der Waals surface area contributed by atoms with Gasteiger partial charge in [-0.05, 0) is 25.2 Å². The first-order valence-corrected chi connectivity index (χ1v) is 5.36. The zero-order valence-electron chi connectivity index (χ0n) is 8.35. The van der Waals surface area contributed by atoms with Crippen molar-refractivity contribution in [1.29, 1.82) is 0 Å². The van der Waals surface area contributed by atoms with Gasteiger partial charge in [-0.25, -0.2) is 0 Å². The number of piperidine rings is 1. The summed E-state index contributed by atoms with van der Waals surface area (Å²) >= 11 is 0. The van der Waals surface area contributed by atoms with Crippen LogP contribution in [0.25, 0.3) is 0 Å². The fourth-order valence-corrected chi connectivity index (χ4v) is 2.42. The molecule has 1 heterocycles. The van der Waals surface area contributed by atoms with E-state index >= 15 is 0 Å². The van der Waals surface area contributed by atoms with E-state index in [1.807, 2.05) is 0 Å². The van der Waals surface area contributed by atoms with Crippen molar-refractivity contribution in [2.75, 3.05) is 13.1 Å². The number of carboxylic acids is 1. The first-order valence-electron chi connectivity index (χ1n) is 5.36. The molecule has 14 heavy (non-hydrogen) atoms. The highest BCUT2D eigenvalue weighted by molar-refractivity contribution is 5.67. The molecule has 1 saturated carbocycles. The molecule has 2 unspecified atom stereocenters. The Morgan fingerprint density at radius 3 is 2.71 bits per heavy atom. The van der Waals surface area contributed by atoms with Gasteiger partial charge in [0.15, 0.2) is 0 Å². The molecule has 0 aromatic carbocycles. The Kier molecular flexibility index (Phi) is 2.74. The molecule has 80 valence electrons. The summed E-state index contributed by atoms with van der Waals surface area (Å²) in [7, 11) is 0. The second kappa shape index (κ2) is 3.87. The highest BCUT2D eigenvalue weighted by Gasteiger charge is 2.35. The van der Waals surface area contributed by atoms with E-state index in [1.165, 1.54) is 12.8 Å². The molecule has 0 bridgehead atoms. The largest absolute Gasteiger partial charge is 0.481 e. The number of carboxylic acid groups (broad SMARTS) is 1. The highest BCUT2D eigenvalue weighted by Crippen LogP contribution is 2.31. The third kappa shape index (κ3) is 2.45. The van der Waals surface area contributed by atoms with Crippen LogP contribution in [0.3, 0.4) is 0 Å². The van der Waals surface area contributed by atoms with Crippen molar-refractivity contribution in [1.82, 2.24) is 4.90 Å². The third-order valence-corrected chi connectivity index (χ3v) is 3.12. The van der Waals surface area contributed by atoms with Crippen molar-refractivity contribution in [2.24, 2.45) is 11.7 Å². The molecule has 4 nitrogen and oxygen atoms in total. The Bertz CT molecular complexity index is 228. The Morgan fingerprint density at radius 1 is 1.43 bits per heavy atom. The number of aliphatic carboxylic acids is 1. The van der Waals surface area contributed by atoms with Gasteiger partial charge in [0.2, 0.25) is 0 Å². The van der Waals surface area contributed by atoms with E-state index in [-0.39, 0.29) is 18.4 Å². The zero-order valence-corrected chi connectivity index (χ0v) is 8.35. The fraction of sp³-hybridized carbons (Fsp3) is 0.900. The van der Waals surface area contributed by atoms with Gasteiger partial charge in [0.05, 0.1) is 0 Å². The van der Waals surface area contributed by atoms with Crippen LogP contribution in [0.2, 0.25) is 0 Å². The second-order valence-electron chi connectivity index (χ2n) is 4.64. The molecule has 1 saturated heterocycles. The normalized spacial score (nSPS) is 34.4. The summed E-state index contributed by atoms with van der Waals surface area (Å²) in [4.78, 5) is 13.0. The van der Waals surface area contributed by atoms with Gasteiger partial charge in [-0.1, -0.05) is 0 Å². The molecular formula is C10H18N2O2. The predicted molar refractivity (Wildman–Crippen MR) is 52.9 cm³/mol. The molecule has 0 aromatic rings. The van der Waals surface area contributed by atoms with Crippen molar-refractivity contribution < 1.29 is 9.90 Å². The first-order chi connectivity index (χ1) is 6.65. The lowest BCUT2D eigenvalue weighted by atomic mass is 9.92. The van der Waals surface area contributed by atoms with Crippen LogP contribution < -0.4 is 5.73 Å². The molecule has 0 amide bonds. The van der Waals surface area contributed by atoms with Crippen LogP contribution in [0.5, 0.6) is 0 Å². The van der Waals surface area contributed by atoms with Crippen LogP contribution in [0.4, 0.5) is 0 Å². The van der Waals surface area contributed by atoms with Gasteiger partial charge in [0.1, 0.15) is 0 Å². The predicted octanol–water partition coefficient (Wildman–Crippen LogP) is 0.273. The maximum atomic E-state index is 10.6. The molecule has 0 aromatic heterocycles. The minimum Gasteiger partial charge on any atom is -0.481 e. The summed E-state index contributed by atoms with van der Waals surface area (Å²) in [5.74, 6) is -0.434. The smallest absolute Gasteiger partial charge is 0.303 e. The summed E-state index contributed by atoms with van der Waals surface area (Å²) in [5, 5.41) is 8.73. The Labute approximate surface area is 84.1 Å². The van der Waals surface area contributed by atoms with Crippen LogP contribution in [0, 0.1) is 5.92 Å². The lowest BCUT2D eigenvalue weighted by Crippen LogP contribution is -2.48. The van der Waals surface area contributed by atoms with Crippen LogP contribution in [-0.4, -0.2) is 41.1 Å². The summed E-state index contributed by atoms with van der Waals surface area (Å²) < 4.78 is 0. The van der Waals surface area contributed by atoms with Gasteiger partial charge in [0, 0.05) is 31.6 Å². The molecule has 4 heteroatoms.